The number of ether oxygens (including phenoxy) is 1. The van der Waals surface area contributed by atoms with Crippen LogP contribution >= 0.6 is 0 Å². The topological polar surface area (TPSA) is 81.4 Å². The van der Waals surface area contributed by atoms with Gasteiger partial charge in [-0.15, -0.1) is 0 Å². The summed E-state index contributed by atoms with van der Waals surface area (Å²) in [7, 11) is 0. The van der Waals surface area contributed by atoms with Gasteiger partial charge in [0.2, 0.25) is 5.91 Å². The molecular weight excluding hydrogens is 280 g/mol. The minimum absolute atomic E-state index is 0.194. The molecule has 0 aromatic heterocycles. The van der Waals surface area contributed by atoms with Gasteiger partial charge in [-0.2, -0.15) is 0 Å². The monoisotopic (exact) mass is 306 g/mol. The van der Waals surface area contributed by atoms with Crippen LogP contribution in [-0.2, 0) is 9.59 Å². The van der Waals surface area contributed by atoms with Crippen LogP contribution in [0.1, 0.15) is 50.7 Å². The van der Waals surface area contributed by atoms with Gasteiger partial charge in [0.05, 0.1) is 0 Å². The molecule has 0 aliphatic carbocycles. The molecule has 0 aliphatic rings. The highest BCUT2D eigenvalue weighted by atomic mass is 16.5. The van der Waals surface area contributed by atoms with E-state index >= 15 is 0 Å². The van der Waals surface area contributed by atoms with E-state index in [0.717, 1.165) is 16.9 Å². The van der Waals surface area contributed by atoms with E-state index in [4.69, 9.17) is 10.5 Å². The second kappa shape index (κ2) is 8.41. The zero-order valence-corrected chi connectivity index (χ0v) is 13.8. The molecule has 1 unspecified atom stereocenters. The maximum absolute atomic E-state index is 12.0. The molecule has 2 amide bonds. The zero-order valence-electron chi connectivity index (χ0n) is 13.8. The first kappa shape index (κ1) is 18.0. The fourth-order valence-corrected chi connectivity index (χ4v) is 2.08. The highest BCUT2D eigenvalue weighted by molar-refractivity contribution is 5.80. The number of aryl methyl sites for hydroxylation is 1. The first-order valence-electron chi connectivity index (χ1n) is 7.64. The molecule has 22 heavy (non-hydrogen) atoms. The molecule has 0 spiro atoms. The summed E-state index contributed by atoms with van der Waals surface area (Å²) in [5.74, 6) is 0.511. The molecule has 1 rings (SSSR count). The largest absolute Gasteiger partial charge is 0.481 e. The standard InChI is InChI=1S/C17H26N2O3/c1-11(2)14-8-7-12(3)10-15(14)22-13(4)17(21)19-9-5-6-16(18)20/h7-8,10-11,13H,5-6,9H2,1-4H3,(H2,18,20)(H,19,21). The lowest BCUT2D eigenvalue weighted by Gasteiger charge is -2.19. The van der Waals surface area contributed by atoms with Crippen LogP contribution in [0.25, 0.3) is 0 Å². The highest BCUT2D eigenvalue weighted by Gasteiger charge is 2.17. The van der Waals surface area contributed by atoms with E-state index in [1.807, 2.05) is 25.1 Å². The minimum Gasteiger partial charge on any atom is -0.481 e. The van der Waals surface area contributed by atoms with Crippen LogP contribution < -0.4 is 15.8 Å². The van der Waals surface area contributed by atoms with E-state index < -0.39 is 6.10 Å². The molecule has 0 radical (unpaired) electrons. The number of rotatable bonds is 8. The van der Waals surface area contributed by atoms with Gasteiger partial charge in [-0.05, 0) is 43.4 Å². The van der Waals surface area contributed by atoms with Crippen molar-refractivity contribution in [3.63, 3.8) is 0 Å². The number of hydrogen-bond donors (Lipinski definition) is 2. The Morgan fingerprint density at radius 2 is 1.95 bits per heavy atom. The van der Waals surface area contributed by atoms with Crippen LogP contribution in [-0.4, -0.2) is 24.5 Å². The van der Waals surface area contributed by atoms with Gasteiger partial charge >= 0.3 is 0 Å². The lowest BCUT2D eigenvalue weighted by Crippen LogP contribution is -2.37. The highest BCUT2D eigenvalue weighted by Crippen LogP contribution is 2.28. The van der Waals surface area contributed by atoms with Gasteiger partial charge < -0.3 is 15.8 Å². The molecule has 122 valence electrons. The lowest BCUT2D eigenvalue weighted by molar-refractivity contribution is -0.127. The molecule has 3 N–H and O–H groups in total. The third-order valence-electron chi connectivity index (χ3n) is 3.36. The van der Waals surface area contributed by atoms with Gasteiger partial charge in [-0.3, -0.25) is 9.59 Å². The van der Waals surface area contributed by atoms with Gasteiger partial charge in [0.15, 0.2) is 6.10 Å². The Morgan fingerprint density at radius 3 is 2.55 bits per heavy atom. The second-order valence-corrected chi connectivity index (χ2v) is 5.82. The SMILES string of the molecule is Cc1ccc(C(C)C)c(OC(C)C(=O)NCCCC(N)=O)c1. The summed E-state index contributed by atoms with van der Waals surface area (Å²) in [6, 6.07) is 6.02. The third kappa shape index (κ3) is 5.76. The van der Waals surface area contributed by atoms with E-state index in [-0.39, 0.29) is 18.2 Å². The Kier molecular flexibility index (Phi) is 6.89. The predicted molar refractivity (Wildman–Crippen MR) is 86.8 cm³/mol. The number of hydrogen-bond acceptors (Lipinski definition) is 3. The Balaban J connectivity index is 2.60. The molecular formula is C17H26N2O3. The molecule has 0 saturated heterocycles. The molecule has 5 heteroatoms. The molecule has 0 aliphatic heterocycles. The molecule has 1 aromatic rings. The van der Waals surface area contributed by atoms with Crippen molar-refractivity contribution < 1.29 is 14.3 Å². The van der Waals surface area contributed by atoms with E-state index in [1.54, 1.807) is 6.92 Å². The Morgan fingerprint density at radius 1 is 1.27 bits per heavy atom. The fourth-order valence-electron chi connectivity index (χ4n) is 2.08. The molecule has 0 bridgehead atoms. The normalized spacial score (nSPS) is 12.0. The number of carbonyl (C=O) groups excluding carboxylic acids is 2. The van der Waals surface area contributed by atoms with E-state index in [0.29, 0.717) is 18.9 Å². The number of carbonyl (C=O) groups is 2. The molecule has 0 saturated carbocycles. The quantitative estimate of drug-likeness (QED) is 0.723. The Hall–Kier alpha value is -2.04. The minimum atomic E-state index is -0.590. The molecule has 1 atom stereocenters. The van der Waals surface area contributed by atoms with Crippen LogP contribution in [0.2, 0.25) is 0 Å². The molecule has 1 aromatic carbocycles. The van der Waals surface area contributed by atoms with Crippen molar-refractivity contribution in [3.05, 3.63) is 29.3 Å². The number of primary amides is 1. The molecule has 0 fully saturated rings. The summed E-state index contributed by atoms with van der Waals surface area (Å²) in [6.07, 6.45) is 0.216. The van der Waals surface area contributed by atoms with Crippen molar-refractivity contribution in [1.82, 2.24) is 5.32 Å². The van der Waals surface area contributed by atoms with Crippen LogP contribution in [0.3, 0.4) is 0 Å². The maximum atomic E-state index is 12.0. The maximum Gasteiger partial charge on any atom is 0.260 e. The number of amides is 2. The molecule has 0 heterocycles. The predicted octanol–water partition coefficient (Wildman–Crippen LogP) is 2.27. The van der Waals surface area contributed by atoms with E-state index in [2.05, 4.69) is 19.2 Å². The third-order valence-corrected chi connectivity index (χ3v) is 3.36. The van der Waals surface area contributed by atoms with E-state index in [9.17, 15) is 9.59 Å². The average Bonchev–Trinajstić information content (AvgIpc) is 2.42. The number of nitrogens with one attached hydrogen (secondary N) is 1. The van der Waals surface area contributed by atoms with Crippen molar-refractivity contribution in [2.75, 3.05) is 6.54 Å². The Labute approximate surface area is 132 Å². The van der Waals surface area contributed by atoms with E-state index in [1.165, 1.54) is 0 Å². The van der Waals surface area contributed by atoms with Gasteiger partial charge in [0.25, 0.3) is 5.91 Å². The number of benzene rings is 1. The van der Waals surface area contributed by atoms with Crippen LogP contribution in [0.5, 0.6) is 5.75 Å². The second-order valence-electron chi connectivity index (χ2n) is 5.82. The van der Waals surface area contributed by atoms with Gasteiger partial charge in [-0.25, -0.2) is 0 Å². The Bertz CT molecular complexity index is 527. The smallest absolute Gasteiger partial charge is 0.260 e. The first-order valence-corrected chi connectivity index (χ1v) is 7.64. The zero-order chi connectivity index (χ0) is 16.7. The summed E-state index contributed by atoms with van der Waals surface area (Å²) in [4.78, 5) is 22.6. The van der Waals surface area contributed by atoms with Gasteiger partial charge in [-0.1, -0.05) is 26.0 Å². The number of nitrogens with two attached hydrogens (primary N) is 1. The summed E-state index contributed by atoms with van der Waals surface area (Å²) < 4.78 is 5.82. The van der Waals surface area contributed by atoms with Crippen molar-refractivity contribution in [3.8, 4) is 5.75 Å². The van der Waals surface area contributed by atoms with Crippen LogP contribution in [0.15, 0.2) is 18.2 Å². The first-order chi connectivity index (χ1) is 10.3. The summed E-state index contributed by atoms with van der Waals surface area (Å²) in [5.41, 5.74) is 7.23. The summed E-state index contributed by atoms with van der Waals surface area (Å²) in [6.45, 7) is 8.31. The van der Waals surface area contributed by atoms with Gasteiger partial charge in [0.1, 0.15) is 5.75 Å². The van der Waals surface area contributed by atoms with Crippen molar-refractivity contribution in [1.29, 1.82) is 0 Å². The summed E-state index contributed by atoms with van der Waals surface area (Å²) >= 11 is 0. The fraction of sp³-hybridized carbons (Fsp3) is 0.529. The molecule has 5 nitrogen and oxygen atoms in total. The van der Waals surface area contributed by atoms with Crippen LogP contribution in [0, 0.1) is 6.92 Å². The van der Waals surface area contributed by atoms with Crippen molar-refractivity contribution in [2.24, 2.45) is 5.73 Å². The average molecular weight is 306 g/mol. The van der Waals surface area contributed by atoms with Crippen molar-refractivity contribution >= 4 is 11.8 Å². The van der Waals surface area contributed by atoms with Gasteiger partial charge in [0, 0.05) is 13.0 Å². The van der Waals surface area contributed by atoms with Crippen LogP contribution in [0.4, 0.5) is 0 Å². The summed E-state index contributed by atoms with van der Waals surface area (Å²) in [5, 5.41) is 2.75. The lowest BCUT2D eigenvalue weighted by atomic mass is 10.0. The van der Waals surface area contributed by atoms with Crippen molar-refractivity contribution in [2.45, 2.75) is 52.6 Å².